The van der Waals surface area contributed by atoms with E-state index in [0.717, 1.165) is 22.3 Å². The molecule has 0 bridgehead atoms. The minimum atomic E-state index is -0.577. The number of benzene rings is 4. The van der Waals surface area contributed by atoms with Gasteiger partial charge in [-0.2, -0.15) is 0 Å². The Balaban J connectivity index is 1.04. The van der Waals surface area contributed by atoms with Gasteiger partial charge in [-0.25, -0.2) is 9.59 Å². The Bertz CT molecular complexity index is 1370. The van der Waals surface area contributed by atoms with Crippen LogP contribution < -0.4 is 0 Å². The maximum absolute atomic E-state index is 12.9. The van der Waals surface area contributed by atoms with Crippen molar-refractivity contribution in [3.63, 3.8) is 0 Å². The molecule has 2 fully saturated rings. The minimum Gasteiger partial charge on any atom is -0.453 e. The topological polar surface area (TPSA) is 71.1 Å². The third kappa shape index (κ3) is 5.41. The molecule has 2 saturated heterocycles. The van der Waals surface area contributed by atoms with Crippen molar-refractivity contribution in [1.29, 1.82) is 0 Å². The Morgan fingerprint density at radius 1 is 0.525 bits per heavy atom. The Morgan fingerprint density at radius 3 is 1.15 bits per heavy atom. The van der Waals surface area contributed by atoms with Crippen molar-refractivity contribution >= 4 is 11.9 Å². The number of ether oxygens (including phenoxy) is 4. The average Bonchev–Trinajstić information content (AvgIpc) is 3.57. The van der Waals surface area contributed by atoms with Gasteiger partial charge in [0.1, 0.15) is 12.2 Å². The van der Waals surface area contributed by atoms with Crippen molar-refractivity contribution in [2.24, 2.45) is 0 Å². The van der Waals surface area contributed by atoms with Crippen LogP contribution in [0, 0.1) is 13.8 Å². The van der Waals surface area contributed by atoms with Crippen molar-refractivity contribution in [2.45, 2.75) is 38.3 Å². The lowest BCUT2D eigenvalue weighted by molar-refractivity contribution is -0.0287. The van der Waals surface area contributed by atoms with Crippen LogP contribution in [0.2, 0.25) is 0 Å². The van der Waals surface area contributed by atoms with Gasteiger partial charge in [-0.15, -0.1) is 0 Å². The Hall–Kier alpha value is -4.26. The number of aryl methyl sites for hydroxylation is 2. The van der Waals surface area contributed by atoms with Crippen LogP contribution in [0.5, 0.6) is 0 Å². The summed E-state index contributed by atoms with van der Waals surface area (Å²) in [7, 11) is 0. The fraction of sp³-hybridized carbons (Fsp3) is 0.235. The zero-order valence-electron chi connectivity index (χ0n) is 22.4. The Labute approximate surface area is 233 Å². The molecule has 4 aromatic carbocycles. The van der Waals surface area contributed by atoms with Crippen LogP contribution in [0.25, 0.3) is 22.3 Å². The van der Waals surface area contributed by atoms with E-state index >= 15 is 0 Å². The lowest BCUT2D eigenvalue weighted by Gasteiger charge is -2.17. The molecule has 6 nitrogen and oxygen atoms in total. The van der Waals surface area contributed by atoms with Gasteiger partial charge in [0.25, 0.3) is 0 Å². The molecule has 0 spiro atoms. The van der Waals surface area contributed by atoms with Crippen LogP contribution in [0.3, 0.4) is 0 Å². The third-order valence-electron chi connectivity index (χ3n) is 7.49. The van der Waals surface area contributed by atoms with Crippen molar-refractivity contribution in [3.8, 4) is 22.3 Å². The summed E-state index contributed by atoms with van der Waals surface area (Å²) in [6, 6.07) is 31.1. The molecule has 2 heterocycles. The molecule has 2 unspecified atom stereocenters. The van der Waals surface area contributed by atoms with E-state index in [1.54, 1.807) is 24.3 Å². The monoisotopic (exact) mass is 534 g/mol. The Morgan fingerprint density at radius 2 is 0.825 bits per heavy atom. The van der Waals surface area contributed by atoms with Gasteiger partial charge in [0, 0.05) is 0 Å². The van der Waals surface area contributed by atoms with Gasteiger partial charge in [-0.1, -0.05) is 83.9 Å². The smallest absolute Gasteiger partial charge is 0.338 e. The first-order valence-corrected chi connectivity index (χ1v) is 13.4. The quantitative estimate of drug-likeness (QED) is 0.275. The van der Waals surface area contributed by atoms with E-state index in [-0.39, 0.29) is 13.2 Å². The molecular weight excluding hydrogens is 504 g/mol. The zero-order chi connectivity index (χ0) is 27.6. The molecule has 40 heavy (non-hydrogen) atoms. The Kier molecular flexibility index (Phi) is 7.20. The number of rotatable bonds is 6. The van der Waals surface area contributed by atoms with E-state index in [9.17, 15) is 9.59 Å². The number of esters is 2. The summed E-state index contributed by atoms with van der Waals surface area (Å²) in [6.07, 6.45) is -2.13. The number of carbonyl (C=O) groups excluding carboxylic acids is 2. The second-order valence-corrected chi connectivity index (χ2v) is 10.4. The molecule has 6 heteroatoms. The van der Waals surface area contributed by atoms with Crippen molar-refractivity contribution < 1.29 is 28.5 Å². The van der Waals surface area contributed by atoms with Gasteiger partial charge in [0.05, 0.1) is 24.3 Å². The molecule has 0 aliphatic carbocycles. The number of carbonyl (C=O) groups is 2. The van der Waals surface area contributed by atoms with Crippen LogP contribution >= 0.6 is 0 Å². The van der Waals surface area contributed by atoms with E-state index in [1.807, 2.05) is 38.1 Å². The fourth-order valence-corrected chi connectivity index (χ4v) is 5.13. The van der Waals surface area contributed by atoms with Crippen LogP contribution in [0.15, 0.2) is 97.1 Å². The molecule has 4 atom stereocenters. The average molecular weight is 535 g/mol. The maximum Gasteiger partial charge on any atom is 0.338 e. The van der Waals surface area contributed by atoms with E-state index < -0.39 is 36.4 Å². The van der Waals surface area contributed by atoms with Crippen LogP contribution in [0.1, 0.15) is 31.8 Å². The van der Waals surface area contributed by atoms with Gasteiger partial charge in [-0.3, -0.25) is 0 Å². The van der Waals surface area contributed by atoms with E-state index in [0.29, 0.717) is 11.1 Å². The summed E-state index contributed by atoms with van der Waals surface area (Å²) in [6.45, 7) is 4.46. The first kappa shape index (κ1) is 26.0. The van der Waals surface area contributed by atoms with Crippen molar-refractivity contribution in [2.75, 3.05) is 13.2 Å². The lowest BCUT2D eigenvalue weighted by atomic mass is 10.0. The number of hydrogen-bond donors (Lipinski definition) is 0. The molecule has 0 amide bonds. The molecule has 0 aromatic heterocycles. The highest BCUT2D eigenvalue weighted by Gasteiger charge is 2.51. The highest BCUT2D eigenvalue weighted by atomic mass is 16.7. The van der Waals surface area contributed by atoms with Gasteiger partial charge < -0.3 is 18.9 Å². The van der Waals surface area contributed by atoms with E-state index in [2.05, 4.69) is 48.5 Å². The predicted octanol–water partition coefficient (Wildman–Crippen LogP) is 6.19. The largest absolute Gasteiger partial charge is 0.453 e. The summed E-state index contributed by atoms with van der Waals surface area (Å²) in [5, 5.41) is 0. The van der Waals surface area contributed by atoms with Crippen molar-refractivity contribution in [1.82, 2.24) is 0 Å². The molecule has 2 aliphatic rings. The molecule has 0 saturated carbocycles. The third-order valence-corrected chi connectivity index (χ3v) is 7.49. The lowest BCUT2D eigenvalue weighted by Crippen LogP contribution is -2.36. The molecular formula is C34H30O6. The first-order valence-electron chi connectivity index (χ1n) is 13.4. The summed E-state index contributed by atoms with van der Waals surface area (Å²) < 4.78 is 23.2. The van der Waals surface area contributed by atoms with Crippen LogP contribution in [0.4, 0.5) is 0 Å². The molecule has 2 aliphatic heterocycles. The van der Waals surface area contributed by atoms with E-state index in [4.69, 9.17) is 18.9 Å². The summed E-state index contributed by atoms with van der Waals surface area (Å²) in [5.74, 6) is -0.884. The zero-order valence-corrected chi connectivity index (χ0v) is 22.4. The van der Waals surface area contributed by atoms with Crippen molar-refractivity contribution in [3.05, 3.63) is 119 Å². The summed E-state index contributed by atoms with van der Waals surface area (Å²) in [5.41, 5.74) is 7.51. The summed E-state index contributed by atoms with van der Waals surface area (Å²) in [4.78, 5) is 25.7. The normalized spacial score (nSPS) is 21.6. The molecule has 4 aromatic rings. The summed E-state index contributed by atoms with van der Waals surface area (Å²) >= 11 is 0. The van der Waals surface area contributed by atoms with Gasteiger partial charge in [0.2, 0.25) is 0 Å². The molecule has 0 radical (unpaired) electrons. The van der Waals surface area contributed by atoms with Crippen LogP contribution in [-0.4, -0.2) is 49.6 Å². The molecule has 0 N–H and O–H groups in total. The highest BCUT2D eigenvalue weighted by Crippen LogP contribution is 2.32. The number of fused-ring (bicyclic) bond motifs is 1. The first-order chi connectivity index (χ1) is 19.4. The minimum absolute atomic E-state index is 0.182. The number of hydrogen-bond acceptors (Lipinski definition) is 6. The molecule has 202 valence electrons. The van der Waals surface area contributed by atoms with Gasteiger partial charge in [-0.05, 0) is 60.4 Å². The van der Waals surface area contributed by atoms with E-state index in [1.165, 1.54) is 11.1 Å². The van der Waals surface area contributed by atoms with Gasteiger partial charge in [0.15, 0.2) is 12.2 Å². The van der Waals surface area contributed by atoms with Crippen LogP contribution in [-0.2, 0) is 18.9 Å². The highest BCUT2D eigenvalue weighted by molar-refractivity contribution is 5.91. The SMILES string of the molecule is Cc1ccc(-c2ccc(C(=O)O[C@@H]3COC4C3OC[C@H]4OC(=O)c3ccc(-c4ccc(C)cc4)cc3)cc2)cc1. The fourth-order valence-electron chi connectivity index (χ4n) is 5.13. The van der Waals surface area contributed by atoms with Gasteiger partial charge >= 0.3 is 11.9 Å². The second-order valence-electron chi connectivity index (χ2n) is 10.4. The standard InChI is InChI=1S/C34H30O6/c1-21-3-7-23(8-4-21)25-11-15-27(16-12-25)33(35)39-29-19-37-32-30(20-38-31(29)32)40-34(36)28-17-13-26(14-18-28)24-9-5-22(2)6-10-24/h3-18,29-32H,19-20H2,1-2H3/t29-,30-,31?,32?/m1/s1. The second kappa shape index (κ2) is 11.1. The molecule has 6 rings (SSSR count). The maximum atomic E-state index is 12.9. The predicted molar refractivity (Wildman–Crippen MR) is 151 cm³/mol.